The molecule has 0 radical (unpaired) electrons. The number of rotatable bonds is 6. The summed E-state index contributed by atoms with van der Waals surface area (Å²) in [6, 6.07) is 8.76. The SMILES string of the molecule is CCc1ccccc1OCCC(C)NC. The van der Waals surface area contributed by atoms with Gasteiger partial charge < -0.3 is 10.1 Å². The van der Waals surface area contributed by atoms with Crippen molar-refractivity contribution in [2.45, 2.75) is 32.7 Å². The van der Waals surface area contributed by atoms with Crippen LogP contribution in [-0.2, 0) is 6.42 Å². The molecule has 2 heteroatoms. The van der Waals surface area contributed by atoms with E-state index in [1.807, 2.05) is 19.2 Å². The molecule has 0 aliphatic heterocycles. The minimum Gasteiger partial charge on any atom is -0.493 e. The fourth-order valence-corrected chi connectivity index (χ4v) is 1.43. The van der Waals surface area contributed by atoms with Crippen LogP contribution in [0.15, 0.2) is 24.3 Å². The van der Waals surface area contributed by atoms with Crippen LogP contribution >= 0.6 is 0 Å². The van der Waals surface area contributed by atoms with Crippen molar-refractivity contribution >= 4 is 0 Å². The van der Waals surface area contributed by atoms with Crippen LogP contribution in [0.25, 0.3) is 0 Å². The van der Waals surface area contributed by atoms with Crippen LogP contribution in [0.3, 0.4) is 0 Å². The quantitative estimate of drug-likeness (QED) is 0.774. The zero-order chi connectivity index (χ0) is 11.1. The Balaban J connectivity index is 2.43. The van der Waals surface area contributed by atoms with Gasteiger partial charge in [0, 0.05) is 6.04 Å². The summed E-state index contributed by atoms with van der Waals surface area (Å²) in [7, 11) is 1.98. The molecule has 2 nitrogen and oxygen atoms in total. The monoisotopic (exact) mass is 207 g/mol. The van der Waals surface area contributed by atoms with Gasteiger partial charge in [-0.05, 0) is 38.4 Å². The van der Waals surface area contributed by atoms with Gasteiger partial charge in [-0.3, -0.25) is 0 Å². The fraction of sp³-hybridized carbons (Fsp3) is 0.538. The minimum absolute atomic E-state index is 0.513. The van der Waals surface area contributed by atoms with Crippen molar-refractivity contribution in [1.29, 1.82) is 0 Å². The van der Waals surface area contributed by atoms with Gasteiger partial charge in [-0.15, -0.1) is 0 Å². The molecule has 0 bridgehead atoms. The van der Waals surface area contributed by atoms with Crippen molar-refractivity contribution in [3.63, 3.8) is 0 Å². The van der Waals surface area contributed by atoms with E-state index in [0.717, 1.165) is 25.2 Å². The summed E-state index contributed by atoms with van der Waals surface area (Å²) in [5.74, 6) is 1.03. The van der Waals surface area contributed by atoms with Crippen LogP contribution in [-0.4, -0.2) is 19.7 Å². The Morgan fingerprint density at radius 1 is 1.33 bits per heavy atom. The molecule has 84 valence electrons. The zero-order valence-corrected chi connectivity index (χ0v) is 9.92. The second kappa shape index (κ2) is 6.46. The topological polar surface area (TPSA) is 21.3 Å². The minimum atomic E-state index is 0.513. The van der Waals surface area contributed by atoms with E-state index in [-0.39, 0.29) is 0 Å². The molecular weight excluding hydrogens is 186 g/mol. The van der Waals surface area contributed by atoms with Crippen molar-refractivity contribution < 1.29 is 4.74 Å². The third-order valence-corrected chi connectivity index (χ3v) is 2.65. The highest BCUT2D eigenvalue weighted by Gasteiger charge is 2.02. The van der Waals surface area contributed by atoms with Crippen LogP contribution < -0.4 is 10.1 Å². The van der Waals surface area contributed by atoms with E-state index in [1.165, 1.54) is 5.56 Å². The molecule has 1 rings (SSSR count). The van der Waals surface area contributed by atoms with E-state index >= 15 is 0 Å². The molecule has 1 aromatic rings. The molecule has 0 amide bonds. The Hall–Kier alpha value is -1.02. The van der Waals surface area contributed by atoms with E-state index in [4.69, 9.17) is 4.74 Å². The van der Waals surface area contributed by atoms with E-state index in [0.29, 0.717) is 6.04 Å². The van der Waals surface area contributed by atoms with Crippen LogP contribution in [0.5, 0.6) is 5.75 Å². The summed E-state index contributed by atoms with van der Waals surface area (Å²) in [5, 5.41) is 3.20. The number of aryl methyl sites for hydroxylation is 1. The highest BCUT2D eigenvalue weighted by molar-refractivity contribution is 5.33. The maximum absolute atomic E-state index is 5.76. The first-order chi connectivity index (χ1) is 7.27. The van der Waals surface area contributed by atoms with E-state index in [1.54, 1.807) is 0 Å². The summed E-state index contributed by atoms with van der Waals surface area (Å²) >= 11 is 0. The molecule has 0 fully saturated rings. The molecule has 1 atom stereocenters. The normalized spacial score (nSPS) is 12.5. The lowest BCUT2D eigenvalue weighted by atomic mass is 10.1. The van der Waals surface area contributed by atoms with Gasteiger partial charge in [0.15, 0.2) is 0 Å². The van der Waals surface area contributed by atoms with Crippen molar-refractivity contribution in [3.05, 3.63) is 29.8 Å². The molecule has 0 aromatic heterocycles. The van der Waals surface area contributed by atoms with E-state index in [9.17, 15) is 0 Å². The number of para-hydroxylation sites is 1. The van der Waals surface area contributed by atoms with E-state index < -0.39 is 0 Å². The lowest BCUT2D eigenvalue weighted by molar-refractivity contribution is 0.291. The average Bonchev–Trinajstić information content (AvgIpc) is 2.29. The molecular formula is C13H21NO. The Kier molecular flexibility index (Phi) is 5.19. The zero-order valence-electron chi connectivity index (χ0n) is 9.92. The van der Waals surface area contributed by atoms with Crippen molar-refractivity contribution in [3.8, 4) is 5.75 Å². The Morgan fingerprint density at radius 2 is 2.07 bits per heavy atom. The number of benzene rings is 1. The number of hydrogen-bond donors (Lipinski definition) is 1. The van der Waals surface area contributed by atoms with Gasteiger partial charge in [0.2, 0.25) is 0 Å². The standard InChI is InChI=1S/C13H21NO/c1-4-12-7-5-6-8-13(12)15-10-9-11(2)14-3/h5-8,11,14H,4,9-10H2,1-3H3. The lowest BCUT2D eigenvalue weighted by Gasteiger charge is -2.13. The van der Waals surface area contributed by atoms with Crippen LogP contribution in [0.1, 0.15) is 25.8 Å². The van der Waals surface area contributed by atoms with Gasteiger partial charge in [0.05, 0.1) is 6.61 Å². The predicted octanol–water partition coefficient (Wildman–Crippen LogP) is 2.63. The first-order valence-electron chi connectivity index (χ1n) is 5.66. The molecule has 0 aliphatic carbocycles. The molecule has 1 aromatic carbocycles. The first kappa shape index (κ1) is 12.1. The Bertz CT molecular complexity index is 286. The molecule has 0 heterocycles. The third kappa shape index (κ3) is 3.92. The van der Waals surface area contributed by atoms with Crippen molar-refractivity contribution in [1.82, 2.24) is 5.32 Å². The fourth-order valence-electron chi connectivity index (χ4n) is 1.43. The van der Waals surface area contributed by atoms with Crippen molar-refractivity contribution in [2.75, 3.05) is 13.7 Å². The molecule has 0 spiro atoms. The molecule has 1 unspecified atom stereocenters. The third-order valence-electron chi connectivity index (χ3n) is 2.65. The highest BCUT2D eigenvalue weighted by Crippen LogP contribution is 2.18. The van der Waals surface area contributed by atoms with Crippen molar-refractivity contribution in [2.24, 2.45) is 0 Å². The first-order valence-corrected chi connectivity index (χ1v) is 5.66. The summed E-state index contributed by atoms with van der Waals surface area (Å²) < 4.78 is 5.76. The van der Waals surface area contributed by atoms with Gasteiger partial charge >= 0.3 is 0 Å². The largest absolute Gasteiger partial charge is 0.493 e. The lowest BCUT2D eigenvalue weighted by Crippen LogP contribution is -2.23. The Labute approximate surface area is 92.6 Å². The molecule has 0 saturated carbocycles. The highest BCUT2D eigenvalue weighted by atomic mass is 16.5. The van der Waals surface area contributed by atoms with Crippen LogP contribution in [0.2, 0.25) is 0 Å². The smallest absolute Gasteiger partial charge is 0.122 e. The number of nitrogens with one attached hydrogen (secondary N) is 1. The van der Waals surface area contributed by atoms with Gasteiger partial charge in [-0.1, -0.05) is 25.1 Å². The Morgan fingerprint density at radius 3 is 2.73 bits per heavy atom. The maximum atomic E-state index is 5.76. The van der Waals surface area contributed by atoms with Gasteiger partial charge in [-0.25, -0.2) is 0 Å². The summed E-state index contributed by atoms with van der Waals surface area (Å²) in [6.45, 7) is 5.09. The second-order valence-electron chi connectivity index (χ2n) is 3.79. The molecule has 0 aliphatic rings. The summed E-state index contributed by atoms with van der Waals surface area (Å²) in [5.41, 5.74) is 1.29. The van der Waals surface area contributed by atoms with Gasteiger partial charge in [0.25, 0.3) is 0 Å². The van der Waals surface area contributed by atoms with Crippen LogP contribution in [0.4, 0.5) is 0 Å². The predicted molar refractivity (Wildman–Crippen MR) is 64.5 cm³/mol. The average molecular weight is 207 g/mol. The molecule has 1 N–H and O–H groups in total. The summed E-state index contributed by atoms with van der Waals surface area (Å²) in [6.07, 6.45) is 2.06. The van der Waals surface area contributed by atoms with Gasteiger partial charge in [0.1, 0.15) is 5.75 Å². The van der Waals surface area contributed by atoms with Gasteiger partial charge in [-0.2, -0.15) is 0 Å². The van der Waals surface area contributed by atoms with Crippen LogP contribution in [0, 0.1) is 0 Å². The number of hydrogen-bond acceptors (Lipinski definition) is 2. The summed E-state index contributed by atoms with van der Waals surface area (Å²) in [4.78, 5) is 0. The molecule has 0 saturated heterocycles. The second-order valence-corrected chi connectivity index (χ2v) is 3.79. The maximum Gasteiger partial charge on any atom is 0.122 e. The van der Waals surface area contributed by atoms with E-state index in [2.05, 4.69) is 31.3 Å². The molecule has 15 heavy (non-hydrogen) atoms. The number of ether oxygens (including phenoxy) is 1.